The molecule has 6 heteroatoms. The van der Waals surface area contributed by atoms with Crippen LogP contribution in [0.25, 0.3) is 10.9 Å². The Morgan fingerprint density at radius 3 is 2.46 bits per heavy atom. The molecule has 0 bridgehead atoms. The Balaban J connectivity index is 1.51. The number of esters is 1. The SMILES string of the molecule is COC(=O)c1ccc2[nH]c(O)c(C(=Nc3ccc(CN4CCCCC4)cc3)C3CCCCC3)c2c1. The number of fused-ring (bicyclic) bond motifs is 1. The van der Waals surface area contributed by atoms with E-state index in [2.05, 4.69) is 34.1 Å². The van der Waals surface area contributed by atoms with Crippen molar-refractivity contribution in [1.82, 2.24) is 9.88 Å². The van der Waals surface area contributed by atoms with Crippen molar-refractivity contribution < 1.29 is 14.6 Å². The molecule has 184 valence electrons. The van der Waals surface area contributed by atoms with E-state index < -0.39 is 0 Å². The third kappa shape index (κ3) is 5.27. The summed E-state index contributed by atoms with van der Waals surface area (Å²) >= 11 is 0. The predicted octanol–water partition coefficient (Wildman–Crippen LogP) is 6.35. The van der Waals surface area contributed by atoms with Crippen molar-refractivity contribution in [3.8, 4) is 5.88 Å². The van der Waals surface area contributed by atoms with E-state index >= 15 is 0 Å². The third-order valence-corrected chi connectivity index (χ3v) is 7.49. The first-order valence-electron chi connectivity index (χ1n) is 13.0. The Morgan fingerprint density at radius 2 is 1.74 bits per heavy atom. The van der Waals surface area contributed by atoms with E-state index in [0.29, 0.717) is 11.1 Å². The second kappa shape index (κ2) is 10.6. The van der Waals surface area contributed by atoms with Crippen molar-refractivity contribution in [3.63, 3.8) is 0 Å². The van der Waals surface area contributed by atoms with Crippen molar-refractivity contribution in [2.75, 3.05) is 20.2 Å². The molecule has 1 saturated heterocycles. The van der Waals surface area contributed by atoms with Crippen LogP contribution in [0.4, 0.5) is 5.69 Å². The van der Waals surface area contributed by atoms with E-state index in [9.17, 15) is 9.90 Å². The fraction of sp³-hybridized carbons (Fsp3) is 0.448. The lowest BCUT2D eigenvalue weighted by Gasteiger charge is -2.26. The van der Waals surface area contributed by atoms with Crippen molar-refractivity contribution in [2.45, 2.75) is 57.9 Å². The van der Waals surface area contributed by atoms with Gasteiger partial charge in [0.05, 0.1) is 29.6 Å². The predicted molar refractivity (Wildman–Crippen MR) is 140 cm³/mol. The summed E-state index contributed by atoms with van der Waals surface area (Å²) in [6, 6.07) is 13.9. The fourth-order valence-corrected chi connectivity index (χ4v) is 5.60. The topological polar surface area (TPSA) is 77.9 Å². The van der Waals surface area contributed by atoms with E-state index in [1.165, 1.54) is 51.4 Å². The van der Waals surface area contributed by atoms with Crippen LogP contribution in [0.3, 0.4) is 0 Å². The van der Waals surface area contributed by atoms with Crippen LogP contribution in [-0.4, -0.2) is 46.9 Å². The molecule has 0 spiro atoms. The number of hydrogen-bond donors (Lipinski definition) is 2. The third-order valence-electron chi connectivity index (χ3n) is 7.49. The summed E-state index contributed by atoms with van der Waals surface area (Å²) < 4.78 is 4.92. The summed E-state index contributed by atoms with van der Waals surface area (Å²) in [7, 11) is 1.38. The number of carbonyl (C=O) groups excluding carboxylic acids is 1. The zero-order chi connectivity index (χ0) is 24.2. The molecule has 35 heavy (non-hydrogen) atoms. The molecule has 0 atom stereocenters. The van der Waals surface area contributed by atoms with Gasteiger partial charge in [-0.3, -0.25) is 9.89 Å². The maximum Gasteiger partial charge on any atom is 0.337 e. The fourth-order valence-electron chi connectivity index (χ4n) is 5.60. The van der Waals surface area contributed by atoms with Gasteiger partial charge in [0.15, 0.2) is 5.88 Å². The molecule has 6 nitrogen and oxygen atoms in total. The van der Waals surface area contributed by atoms with Crippen LogP contribution in [0, 0.1) is 5.92 Å². The van der Waals surface area contributed by atoms with Gasteiger partial charge in [0, 0.05) is 23.4 Å². The molecular weight excluding hydrogens is 438 g/mol. The summed E-state index contributed by atoms with van der Waals surface area (Å²) in [6.07, 6.45) is 9.59. The normalized spacial score (nSPS) is 18.1. The lowest BCUT2D eigenvalue weighted by atomic mass is 9.83. The summed E-state index contributed by atoms with van der Waals surface area (Å²) in [4.78, 5) is 22.9. The first-order chi connectivity index (χ1) is 17.1. The Bertz CT molecular complexity index is 1200. The largest absolute Gasteiger partial charge is 0.494 e. The minimum absolute atomic E-state index is 0.105. The summed E-state index contributed by atoms with van der Waals surface area (Å²) in [6.45, 7) is 3.34. The highest BCUT2D eigenvalue weighted by molar-refractivity contribution is 6.15. The average Bonchev–Trinajstić information content (AvgIpc) is 3.23. The second-order valence-corrected chi connectivity index (χ2v) is 9.94. The Morgan fingerprint density at radius 1 is 1.03 bits per heavy atom. The summed E-state index contributed by atoms with van der Waals surface area (Å²) in [5, 5.41) is 11.8. The van der Waals surface area contributed by atoms with Crippen LogP contribution in [0.5, 0.6) is 5.88 Å². The molecule has 1 aliphatic heterocycles. The minimum Gasteiger partial charge on any atom is -0.494 e. The number of rotatable bonds is 6. The van der Waals surface area contributed by atoms with Gasteiger partial charge in [-0.1, -0.05) is 37.8 Å². The number of aliphatic imine (C=N–C) groups is 1. The molecule has 0 unspecified atom stereocenters. The zero-order valence-electron chi connectivity index (χ0n) is 20.6. The molecule has 1 aliphatic carbocycles. The average molecular weight is 474 g/mol. The highest BCUT2D eigenvalue weighted by atomic mass is 16.5. The number of H-pyrrole nitrogens is 1. The number of nitrogens with zero attached hydrogens (tertiary/aromatic N) is 2. The van der Waals surface area contributed by atoms with E-state index in [1.54, 1.807) is 12.1 Å². The highest BCUT2D eigenvalue weighted by Crippen LogP contribution is 2.36. The Hall–Kier alpha value is -3.12. The molecule has 0 amide bonds. The van der Waals surface area contributed by atoms with Gasteiger partial charge >= 0.3 is 5.97 Å². The molecular formula is C29H35N3O3. The molecule has 2 aliphatic rings. The number of piperidine rings is 1. The van der Waals surface area contributed by atoms with Gasteiger partial charge in [0.25, 0.3) is 0 Å². The molecule has 1 saturated carbocycles. The molecule has 2 N–H and O–H groups in total. The van der Waals surface area contributed by atoms with E-state index in [-0.39, 0.29) is 17.8 Å². The Kier molecular flexibility index (Phi) is 7.19. The maximum absolute atomic E-state index is 12.2. The lowest BCUT2D eigenvalue weighted by molar-refractivity contribution is 0.0601. The molecule has 3 aromatic rings. The number of benzene rings is 2. The smallest absolute Gasteiger partial charge is 0.337 e. The molecule has 0 radical (unpaired) electrons. The monoisotopic (exact) mass is 473 g/mol. The van der Waals surface area contributed by atoms with Crippen LogP contribution in [0.2, 0.25) is 0 Å². The van der Waals surface area contributed by atoms with Gasteiger partial charge in [0.1, 0.15) is 0 Å². The molecule has 2 heterocycles. The molecule has 2 aromatic carbocycles. The van der Waals surface area contributed by atoms with Crippen molar-refractivity contribution in [1.29, 1.82) is 0 Å². The number of aromatic hydroxyl groups is 1. The van der Waals surface area contributed by atoms with E-state index in [1.807, 2.05) is 6.07 Å². The number of carbonyl (C=O) groups is 1. The van der Waals surface area contributed by atoms with Crippen LogP contribution >= 0.6 is 0 Å². The van der Waals surface area contributed by atoms with Crippen molar-refractivity contribution in [2.24, 2.45) is 10.9 Å². The molecule has 1 aromatic heterocycles. The second-order valence-electron chi connectivity index (χ2n) is 9.94. The van der Waals surface area contributed by atoms with Gasteiger partial charge in [-0.05, 0) is 74.7 Å². The number of aromatic nitrogens is 1. The molecule has 2 fully saturated rings. The zero-order valence-corrected chi connectivity index (χ0v) is 20.6. The maximum atomic E-state index is 12.2. The number of hydrogen-bond acceptors (Lipinski definition) is 5. The molecule has 5 rings (SSSR count). The van der Waals surface area contributed by atoms with Crippen molar-refractivity contribution in [3.05, 3.63) is 59.2 Å². The van der Waals surface area contributed by atoms with E-state index in [4.69, 9.17) is 9.73 Å². The van der Waals surface area contributed by atoms with Gasteiger partial charge in [-0.15, -0.1) is 0 Å². The number of ether oxygens (including phenoxy) is 1. The summed E-state index contributed by atoms with van der Waals surface area (Å²) in [5.41, 5.74) is 5.05. The van der Waals surface area contributed by atoms with E-state index in [0.717, 1.165) is 54.5 Å². The first kappa shape index (κ1) is 23.6. The quantitative estimate of drug-likeness (QED) is 0.323. The highest BCUT2D eigenvalue weighted by Gasteiger charge is 2.26. The van der Waals surface area contributed by atoms with Crippen molar-refractivity contribution >= 4 is 28.3 Å². The number of nitrogens with one attached hydrogen (secondary N) is 1. The number of likely N-dealkylation sites (tertiary alicyclic amines) is 1. The number of aromatic amines is 1. The summed E-state index contributed by atoms with van der Waals surface area (Å²) in [5.74, 6) is -0.0180. The lowest BCUT2D eigenvalue weighted by Crippen LogP contribution is -2.28. The van der Waals surface area contributed by atoms with Crippen LogP contribution in [0.1, 0.15) is 72.9 Å². The number of methoxy groups -OCH3 is 1. The van der Waals surface area contributed by atoms with Gasteiger partial charge in [-0.2, -0.15) is 0 Å². The van der Waals surface area contributed by atoms with Gasteiger partial charge in [-0.25, -0.2) is 4.79 Å². The Labute approximate surface area is 207 Å². The minimum atomic E-state index is -0.390. The van der Waals surface area contributed by atoms with Crippen LogP contribution < -0.4 is 0 Å². The van der Waals surface area contributed by atoms with Gasteiger partial charge < -0.3 is 14.8 Å². The van der Waals surface area contributed by atoms with Crippen LogP contribution in [0.15, 0.2) is 47.5 Å². The van der Waals surface area contributed by atoms with Crippen LogP contribution in [-0.2, 0) is 11.3 Å². The standard InChI is InChI=1S/C29H35N3O3/c1-35-29(34)22-12-15-25-24(18-22)26(28(33)31-25)27(21-8-4-2-5-9-21)30-23-13-10-20(11-14-23)19-32-16-6-3-7-17-32/h10-15,18,21,31,33H,2-9,16-17,19H2,1H3. The first-order valence-corrected chi connectivity index (χ1v) is 13.0. The van der Waals surface area contributed by atoms with Gasteiger partial charge in [0.2, 0.25) is 0 Å².